The van der Waals surface area contributed by atoms with E-state index in [-0.39, 0.29) is 6.04 Å². The van der Waals surface area contributed by atoms with Crippen LogP contribution in [-0.2, 0) is 4.74 Å². The molecule has 2 atom stereocenters. The Bertz CT molecular complexity index is 232. The minimum absolute atomic E-state index is 0.239. The zero-order valence-electron chi connectivity index (χ0n) is 9.86. The van der Waals surface area contributed by atoms with E-state index in [0.29, 0.717) is 5.92 Å². The second-order valence-electron chi connectivity index (χ2n) is 4.02. The summed E-state index contributed by atoms with van der Waals surface area (Å²) in [6, 6.07) is 0.239. The molecule has 4 heteroatoms. The number of hydrogen-bond acceptors (Lipinski definition) is 4. The molecule has 1 aliphatic heterocycles. The van der Waals surface area contributed by atoms with E-state index < -0.39 is 0 Å². The monoisotopic (exact) mass is 211 g/mol. The van der Waals surface area contributed by atoms with E-state index in [0.717, 1.165) is 19.0 Å². The maximum Gasteiger partial charge on any atom is 0.205 e. The van der Waals surface area contributed by atoms with Gasteiger partial charge in [-0.15, -0.1) is 0 Å². The summed E-state index contributed by atoms with van der Waals surface area (Å²) >= 11 is 0. The summed E-state index contributed by atoms with van der Waals surface area (Å²) in [5.41, 5.74) is 0. The molecular weight excluding hydrogens is 190 g/mol. The van der Waals surface area contributed by atoms with Crippen molar-refractivity contribution in [1.29, 1.82) is 0 Å². The van der Waals surface area contributed by atoms with Gasteiger partial charge in [-0.2, -0.15) is 0 Å². The molecule has 86 valence electrons. The summed E-state index contributed by atoms with van der Waals surface area (Å²) in [7, 11) is 5.78. The van der Waals surface area contributed by atoms with E-state index in [1.54, 1.807) is 7.11 Å². The van der Waals surface area contributed by atoms with Crippen molar-refractivity contribution in [3.05, 3.63) is 12.8 Å². The van der Waals surface area contributed by atoms with E-state index >= 15 is 0 Å². The van der Waals surface area contributed by atoms with Gasteiger partial charge in [-0.3, -0.25) is 4.90 Å². The average Bonchev–Trinajstić information content (AvgIpc) is 2.69. The molecule has 1 heterocycles. The number of likely N-dealkylation sites (N-methyl/N-ethyl adjacent to an activating group) is 1. The van der Waals surface area contributed by atoms with Crippen molar-refractivity contribution in [1.82, 2.24) is 10.2 Å². The first-order chi connectivity index (χ1) is 7.20. The standard InChI is InChI=1S/C11H21N3O/c1-5-13-11(15-4)10(14(2)3)9-6-7-12-8-9/h5,9-10,12H,1,6-8H2,2-4H3. The van der Waals surface area contributed by atoms with Crippen molar-refractivity contribution in [3.8, 4) is 0 Å². The van der Waals surface area contributed by atoms with Crippen LogP contribution in [0.2, 0.25) is 0 Å². The molecular formula is C11H21N3O. The first-order valence-corrected chi connectivity index (χ1v) is 5.30. The maximum absolute atomic E-state index is 5.34. The lowest BCUT2D eigenvalue weighted by Gasteiger charge is -2.29. The van der Waals surface area contributed by atoms with E-state index in [2.05, 4.69) is 35.9 Å². The van der Waals surface area contributed by atoms with Crippen LogP contribution in [0.15, 0.2) is 17.8 Å². The number of hydrogen-bond donors (Lipinski definition) is 1. The SMILES string of the molecule is C=CN=C(OC)C(C1CCNC1)N(C)C. The van der Waals surface area contributed by atoms with E-state index in [9.17, 15) is 0 Å². The van der Waals surface area contributed by atoms with Gasteiger partial charge in [-0.05, 0) is 33.0 Å². The number of nitrogens with one attached hydrogen (secondary N) is 1. The zero-order valence-corrected chi connectivity index (χ0v) is 9.86. The third-order valence-electron chi connectivity index (χ3n) is 2.78. The fourth-order valence-electron chi connectivity index (χ4n) is 2.13. The lowest BCUT2D eigenvalue weighted by Crippen LogP contribution is -2.43. The van der Waals surface area contributed by atoms with Crippen molar-refractivity contribution in [2.75, 3.05) is 34.3 Å². The van der Waals surface area contributed by atoms with Crippen molar-refractivity contribution < 1.29 is 4.74 Å². The quantitative estimate of drug-likeness (QED) is 0.550. The van der Waals surface area contributed by atoms with Gasteiger partial charge in [0.15, 0.2) is 0 Å². The molecule has 15 heavy (non-hydrogen) atoms. The molecule has 0 aliphatic carbocycles. The summed E-state index contributed by atoms with van der Waals surface area (Å²) in [5, 5.41) is 3.37. The summed E-state index contributed by atoms with van der Waals surface area (Å²) < 4.78 is 5.34. The molecule has 0 saturated carbocycles. The smallest absolute Gasteiger partial charge is 0.205 e. The normalized spacial score (nSPS) is 24.3. The van der Waals surface area contributed by atoms with Gasteiger partial charge in [0.05, 0.1) is 13.2 Å². The summed E-state index contributed by atoms with van der Waals surface area (Å²) in [5.74, 6) is 1.32. The maximum atomic E-state index is 5.34. The van der Waals surface area contributed by atoms with Gasteiger partial charge in [-0.1, -0.05) is 6.58 Å². The van der Waals surface area contributed by atoms with Crippen molar-refractivity contribution >= 4 is 5.90 Å². The molecule has 1 saturated heterocycles. The Labute approximate surface area is 92.0 Å². The first-order valence-electron chi connectivity index (χ1n) is 5.30. The molecule has 4 nitrogen and oxygen atoms in total. The predicted octanol–water partition coefficient (Wildman–Crippen LogP) is 0.714. The van der Waals surface area contributed by atoms with Crippen LogP contribution in [0.3, 0.4) is 0 Å². The van der Waals surface area contributed by atoms with Crippen LogP contribution >= 0.6 is 0 Å². The highest BCUT2D eigenvalue weighted by molar-refractivity contribution is 5.82. The van der Waals surface area contributed by atoms with Gasteiger partial charge in [0.1, 0.15) is 0 Å². The highest BCUT2D eigenvalue weighted by Crippen LogP contribution is 2.18. The Kier molecular flexibility index (Phi) is 4.78. The number of rotatable bonds is 4. The third-order valence-corrected chi connectivity index (χ3v) is 2.78. The summed E-state index contributed by atoms with van der Waals surface area (Å²) in [4.78, 5) is 6.35. The zero-order chi connectivity index (χ0) is 11.3. The van der Waals surface area contributed by atoms with Gasteiger partial charge in [0.2, 0.25) is 5.90 Å². The molecule has 2 unspecified atom stereocenters. The number of aliphatic imine (C=N–C) groups is 1. The average molecular weight is 211 g/mol. The Hall–Kier alpha value is -0.870. The number of methoxy groups -OCH3 is 1. The molecule has 0 bridgehead atoms. The largest absolute Gasteiger partial charge is 0.483 e. The van der Waals surface area contributed by atoms with E-state index in [1.807, 2.05) is 0 Å². The van der Waals surface area contributed by atoms with Crippen LogP contribution in [-0.4, -0.2) is 51.1 Å². The highest BCUT2D eigenvalue weighted by Gasteiger charge is 2.31. The van der Waals surface area contributed by atoms with Crippen molar-refractivity contribution in [2.45, 2.75) is 12.5 Å². The van der Waals surface area contributed by atoms with Crippen molar-refractivity contribution in [2.24, 2.45) is 10.9 Å². The summed E-state index contributed by atoms with van der Waals surface area (Å²) in [6.07, 6.45) is 2.71. The fourth-order valence-corrected chi connectivity index (χ4v) is 2.13. The second-order valence-corrected chi connectivity index (χ2v) is 4.02. The summed E-state index contributed by atoms with van der Waals surface area (Å²) in [6.45, 7) is 5.73. The minimum Gasteiger partial charge on any atom is -0.483 e. The van der Waals surface area contributed by atoms with Gasteiger partial charge < -0.3 is 10.1 Å². The Balaban J connectivity index is 2.79. The number of ether oxygens (including phenoxy) is 1. The van der Waals surface area contributed by atoms with Gasteiger partial charge >= 0.3 is 0 Å². The molecule has 0 radical (unpaired) electrons. The minimum atomic E-state index is 0.239. The van der Waals surface area contributed by atoms with E-state index in [1.165, 1.54) is 12.6 Å². The third kappa shape index (κ3) is 3.04. The van der Waals surface area contributed by atoms with E-state index in [4.69, 9.17) is 4.74 Å². The lowest BCUT2D eigenvalue weighted by atomic mass is 9.98. The molecule has 0 aromatic carbocycles. The van der Waals surface area contributed by atoms with Gasteiger partial charge in [0.25, 0.3) is 0 Å². The Morgan fingerprint density at radius 3 is 2.80 bits per heavy atom. The highest BCUT2D eigenvalue weighted by atomic mass is 16.5. The first kappa shape index (κ1) is 12.2. The molecule has 0 amide bonds. The van der Waals surface area contributed by atoms with Crippen LogP contribution in [0.4, 0.5) is 0 Å². The Morgan fingerprint density at radius 1 is 1.67 bits per heavy atom. The number of nitrogens with zero attached hydrogens (tertiary/aromatic N) is 2. The molecule has 1 rings (SSSR count). The van der Waals surface area contributed by atoms with Gasteiger partial charge in [-0.25, -0.2) is 4.99 Å². The molecule has 0 aromatic heterocycles. The molecule has 1 N–H and O–H groups in total. The van der Waals surface area contributed by atoms with Crippen LogP contribution in [0.5, 0.6) is 0 Å². The molecule has 1 fully saturated rings. The van der Waals surface area contributed by atoms with Gasteiger partial charge in [0, 0.05) is 12.7 Å². The lowest BCUT2D eigenvalue weighted by molar-refractivity contribution is 0.239. The van der Waals surface area contributed by atoms with Crippen LogP contribution < -0.4 is 5.32 Å². The fraction of sp³-hybridized carbons (Fsp3) is 0.727. The van der Waals surface area contributed by atoms with Crippen molar-refractivity contribution in [3.63, 3.8) is 0 Å². The Morgan fingerprint density at radius 2 is 2.40 bits per heavy atom. The molecule has 1 aliphatic rings. The van der Waals surface area contributed by atoms with Crippen LogP contribution in [0.25, 0.3) is 0 Å². The topological polar surface area (TPSA) is 36.9 Å². The molecule has 0 aromatic rings. The molecule has 0 spiro atoms. The van der Waals surface area contributed by atoms with Crippen LogP contribution in [0, 0.1) is 5.92 Å². The van der Waals surface area contributed by atoms with Crippen LogP contribution in [0.1, 0.15) is 6.42 Å². The predicted molar refractivity (Wildman–Crippen MR) is 63.1 cm³/mol. The second kappa shape index (κ2) is 5.88.